The number of pyridine rings is 1. The van der Waals surface area contributed by atoms with Gasteiger partial charge in [-0.1, -0.05) is 25.1 Å². The van der Waals surface area contributed by atoms with Crippen molar-refractivity contribution in [3.05, 3.63) is 69.0 Å². The van der Waals surface area contributed by atoms with E-state index in [-0.39, 0.29) is 5.56 Å². The lowest BCUT2D eigenvalue weighted by Gasteiger charge is -2.32. The molecule has 2 N–H and O–H groups in total. The Kier molecular flexibility index (Phi) is 9.28. The second kappa shape index (κ2) is 12.6. The Morgan fingerprint density at radius 2 is 1.95 bits per heavy atom. The molecule has 38 heavy (non-hydrogen) atoms. The first-order valence-corrected chi connectivity index (χ1v) is 13.8. The molecular weight excluding hydrogens is 496 g/mol. The molecule has 0 unspecified atom stereocenters. The number of nitrogens with zero attached hydrogens (tertiary/aromatic N) is 2. The summed E-state index contributed by atoms with van der Waals surface area (Å²) in [6, 6.07) is 12.6. The number of aromatic amines is 1. The number of hydrogen-bond acceptors (Lipinski definition) is 5. The number of likely N-dealkylation sites (tertiary alicyclic amines) is 1. The zero-order valence-corrected chi connectivity index (χ0v) is 24.0. The van der Waals surface area contributed by atoms with Crippen LogP contribution in [0.2, 0.25) is 0 Å². The van der Waals surface area contributed by atoms with E-state index in [4.69, 9.17) is 21.7 Å². The zero-order chi connectivity index (χ0) is 27.2. The van der Waals surface area contributed by atoms with Crippen LogP contribution in [-0.4, -0.2) is 66.3 Å². The number of benzene rings is 2. The van der Waals surface area contributed by atoms with Gasteiger partial charge in [-0.15, -0.1) is 0 Å². The number of methoxy groups -OCH3 is 2. The normalized spacial score (nSPS) is 15.6. The molecule has 1 saturated heterocycles. The maximum atomic E-state index is 13.1. The van der Waals surface area contributed by atoms with Crippen LogP contribution in [0.1, 0.15) is 42.0 Å². The Balaban J connectivity index is 1.51. The van der Waals surface area contributed by atoms with Gasteiger partial charge in [-0.2, -0.15) is 0 Å². The van der Waals surface area contributed by atoms with Gasteiger partial charge in [0, 0.05) is 24.7 Å². The number of likely N-dealkylation sites (N-methyl/N-ethyl adjacent to an activating group) is 1. The summed E-state index contributed by atoms with van der Waals surface area (Å²) in [4.78, 5) is 21.0. The van der Waals surface area contributed by atoms with Gasteiger partial charge in [-0.05, 0) is 98.7 Å². The molecular formula is C30H40N4O3S. The molecule has 7 nitrogen and oxygen atoms in total. The van der Waals surface area contributed by atoms with Crippen molar-refractivity contribution >= 4 is 28.2 Å². The van der Waals surface area contributed by atoms with Crippen LogP contribution in [-0.2, 0) is 13.0 Å². The van der Waals surface area contributed by atoms with E-state index in [2.05, 4.69) is 53.0 Å². The highest BCUT2D eigenvalue weighted by atomic mass is 32.1. The Bertz CT molecular complexity index is 1340. The van der Waals surface area contributed by atoms with Crippen molar-refractivity contribution in [1.29, 1.82) is 0 Å². The molecule has 8 heteroatoms. The summed E-state index contributed by atoms with van der Waals surface area (Å²) in [6.45, 7) is 10.4. The average molecular weight is 537 g/mol. The molecule has 3 aromatic rings. The molecule has 1 atom stereocenters. The molecule has 2 aromatic carbocycles. The number of aryl methyl sites for hydroxylation is 2. The lowest BCUT2D eigenvalue weighted by atomic mass is 10.0. The van der Waals surface area contributed by atoms with Gasteiger partial charge in [0.25, 0.3) is 5.56 Å². The summed E-state index contributed by atoms with van der Waals surface area (Å²) in [5.41, 5.74) is 5.00. The minimum Gasteiger partial charge on any atom is -0.493 e. The SMILES string of the molecule is CCN1CCC[C@H]1CN(Cc1cc2ccc(C)c(C)c2[nH]c1=O)C(=S)NCCc1ccc(OC)c(OC)c1. The van der Waals surface area contributed by atoms with Crippen molar-refractivity contribution in [2.75, 3.05) is 40.4 Å². The molecule has 204 valence electrons. The second-order valence-corrected chi connectivity index (χ2v) is 10.5. The van der Waals surface area contributed by atoms with Gasteiger partial charge in [0.05, 0.1) is 26.3 Å². The van der Waals surface area contributed by atoms with Gasteiger partial charge >= 0.3 is 0 Å². The predicted molar refractivity (Wildman–Crippen MR) is 159 cm³/mol. The third kappa shape index (κ3) is 6.30. The monoisotopic (exact) mass is 536 g/mol. The maximum absolute atomic E-state index is 13.1. The fourth-order valence-corrected chi connectivity index (χ4v) is 5.59. The summed E-state index contributed by atoms with van der Waals surface area (Å²) in [7, 11) is 3.28. The van der Waals surface area contributed by atoms with Gasteiger partial charge < -0.3 is 24.7 Å². The van der Waals surface area contributed by atoms with Gasteiger partial charge in [0.1, 0.15) is 0 Å². The molecule has 0 aliphatic carbocycles. The van der Waals surface area contributed by atoms with Crippen molar-refractivity contribution in [3.8, 4) is 11.5 Å². The molecule has 1 aromatic heterocycles. The van der Waals surface area contributed by atoms with Gasteiger partial charge in [-0.25, -0.2) is 0 Å². The molecule has 1 fully saturated rings. The molecule has 1 aliphatic rings. The van der Waals surface area contributed by atoms with Crippen LogP contribution in [0.4, 0.5) is 0 Å². The average Bonchev–Trinajstić information content (AvgIpc) is 3.38. The van der Waals surface area contributed by atoms with Crippen molar-refractivity contribution in [3.63, 3.8) is 0 Å². The molecule has 1 aliphatic heterocycles. The summed E-state index contributed by atoms with van der Waals surface area (Å²) in [5.74, 6) is 1.44. The second-order valence-electron chi connectivity index (χ2n) is 10.1. The molecule has 2 heterocycles. The van der Waals surface area contributed by atoms with Crippen molar-refractivity contribution in [1.82, 2.24) is 20.1 Å². The Morgan fingerprint density at radius 3 is 2.68 bits per heavy atom. The fourth-order valence-electron chi connectivity index (χ4n) is 5.35. The van der Waals surface area contributed by atoms with E-state index in [1.54, 1.807) is 14.2 Å². The number of thiocarbonyl (C=S) groups is 1. The Morgan fingerprint density at radius 1 is 1.16 bits per heavy atom. The first-order valence-electron chi connectivity index (χ1n) is 13.4. The lowest BCUT2D eigenvalue weighted by Crippen LogP contribution is -2.47. The van der Waals surface area contributed by atoms with Crippen LogP contribution in [0, 0.1) is 13.8 Å². The third-order valence-corrected chi connectivity index (χ3v) is 8.15. The smallest absolute Gasteiger partial charge is 0.253 e. The van der Waals surface area contributed by atoms with Crippen molar-refractivity contribution in [2.24, 2.45) is 0 Å². The van der Waals surface area contributed by atoms with E-state index in [9.17, 15) is 4.79 Å². The van der Waals surface area contributed by atoms with Crippen molar-refractivity contribution < 1.29 is 9.47 Å². The first kappa shape index (κ1) is 27.9. The fraction of sp³-hybridized carbons (Fsp3) is 0.467. The lowest BCUT2D eigenvalue weighted by molar-refractivity contribution is 0.219. The minimum atomic E-state index is -0.0527. The quantitative estimate of drug-likeness (QED) is 0.368. The largest absolute Gasteiger partial charge is 0.493 e. The zero-order valence-electron chi connectivity index (χ0n) is 23.2. The van der Waals surface area contributed by atoms with E-state index >= 15 is 0 Å². The van der Waals surface area contributed by atoms with E-state index in [0.717, 1.165) is 65.8 Å². The van der Waals surface area contributed by atoms with Crippen LogP contribution in [0.5, 0.6) is 11.5 Å². The highest BCUT2D eigenvalue weighted by Crippen LogP contribution is 2.27. The molecule has 0 saturated carbocycles. The molecule has 4 rings (SSSR count). The highest BCUT2D eigenvalue weighted by Gasteiger charge is 2.26. The van der Waals surface area contributed by atoms with Crippen molar-refractivity contribution in [2.45, 2.75) is 52.6 Å². The number of H-pyrrole nitrogens is 1. The van der Waals surface area contributed by atoms with E-state index in [1.165, 1.54) is 12.0 Å². The van der Waals surface area contributed by atoms with E-state index in [1.807, 2.05) is 24.3 Å². The maximum Gasteiger partial charge on any atom is 0.253 e. The number of rotatable bonds is 10. The summed E-state index contributed by atoms with van der Waals surface area (Å²) < 4.78 is 10.8. The Labute approximate surface area is 231 Å². The van der Waals surface area contributed by atoms with Crippen LogP contribution in [0.15, 0.2) is 41.2 Å². The summed E-state index contributed by atoms with van der Waals surface area (Å²) in [5, 5.41) is 5.17. The highest BCUT2D eigenvalue weighted by molar-refractivity contribution is 7.80. The van der Waals surface area contributed by atoms with Gasteiger partial charge in [0.2, 0.25) is 0 Å². The molecule has 0 spiro atoms. The summed E-state index contributed by atoms with van der Waals surface area (Å²) >= 11 is 5.90. The van der Waals surface area contributed by atoms with Crippen LogP contribution in [0.25, 0.3) is 10.9 Å². The van der Waals surface area contributed by atoms with E-state index in [0.29, 0.717) is 30.0 Å². The van der Waals surface area contributed by atoms with Crippen LogP contribution < -0.4 is 20.3 Å². The predicted octanol–water partition coefficient (Wildman–Crippen LogP) is 4.57. The standard InChI is InChI=1S/C30H40N4O3S/c1-6-33-15-7-8-25(33)19-34(18-24-17-23-11-9-20(2)21(3)28(23)32-29(24)35)30(38)31-14-13-22-10-12-26(36-4)27(16-22)37-5/h9-12,16-17,25H,6-8,13-15,18-19H2,1-5H3,(H,31,38)(H,32,35)/t25-/m0/s1. The number of nitrogens with one attached hydrogen (secondary N) is 2. The number of aromatic nitrogens is 1. The number of ether oxygens (including phenoxy) is 2. The molecule has 0 amide bonds. The molecule has 0 radical (unpaired) electrons. The number of fused-ring (bicyclic) bond motifs is 1. The van der Waals surface area contributed by atoms with Gasteiger partial charge in [0.15, 0.2) is 16.6 Å². The third-order valence-electron chi connectivity index (χ3n) is 7.75. The minimum absolute atomic E-state index is 0.0527. The summed E-state index contributed by atoms with van der Waals surface area (Å²) in [6.07, 6.45) is 3.13. The first-order chi connectivity index (χ1) is 18.3. The van der Waals surface area contributed by atoms with Crippen LogP contribution in [0.3, 0.4) is 0 Å². The topological polar surface area (TPSA) is 69.8 Å². The molecule has 0 bridgehead atoms. The van der Waals surface area contributed by atoms with Gasteiger partial charge in [-0.3, -0.25) is 9.69 Å². The van der Waals surface area contributed by atoms with Crippen LogP contribution >= 0.6 is 12.2 Å². The van der Waals surface area contributed by atoms with E-state index < -0.39 is 0 Å². The number of hydrogen-bond donors (Lipinski definition) is 2. The Hall–Kier alpha value is -3.10.